The molecule has 1 aromatic heterocycles. The molecular weight excluding hydrogens is 348 g/mol. The van der Waals surface area contributed by atoms with Crippen LogP contribution in [0, 0.1) is 25.2 Å². The second-order valence-electron chi connectivity index (χ2n) is 5.10. The fourth-order valence-corrected chi connectivity index (χ4v) is 4.12. The normalized spacial score (nSPS) is 12.0. The first-order valence-electron chi connectivity index (χ1n) is 7.07. The lowest BCUT2D eigenvalue weighted by Gasteiger charge is -2.11. The van der Waals surface area contributed by atoms with E-state index in [1.54, 1.807) is 11.8 Å². The number of benzene rings is 1. The Balaban J connectivity index is 1.91. The molecule has 1 aromatic carbocycles. The second kappa shape index (κ2) is 8.60. The number of aryl methyl sites for hydroxylation is 2. The summed E-state index contributed by atoms with van der Waals surface area (Å²) in [6.45, 7) is 3.81. The van der Waals surface area contributed by atoms with Gasteiger partial charge in [0.2, 0.25) is 0 Å². The van der Waals surface area contributed by atoms with E-state index in [4.69, 9.17) is 11.6 Å². The van der Waals surface area contributed by atoms with Crippen LogP contribution in [-0.4, -0.2) is 27.7 Å². The van der Waals surface area contributed by atoms with Crippen molar-refractivity contribution in [1.82, 2.24) is 4.98 Å². The predicted molar refractivity (Wildman–Crippen MR) is 97.3 cm³/mol. The van der Waals surface area contributed by atoms with E-state index >= 15 is 0 Å². The van der Waals surface area contributed by atoms with Crippen molar-refractivity contribution in [2.75, 3.05) is 11.5 Å². The van der Waals surface area contributed by atoms with E-state index in [2.05, 4.69) is 11.1 Å². The molecule has 1 unspecified atom stereocenters. The zero-order chi connectivity index (χ0) is 16.8. The first kappa shape index (κ1) is 18.2. The highest BCUT2D eigenvalue weighted by Crippen LogP contribution is 2.26. The SMILES string of the molecule is Cc1cc(C)c(C#N)c(SCC(O)CSc2ccc(Cl)cc2)n1. The van der Waals surface area contributed by atoms with Crippen LogP contribution in [0.4, 0.5) is 0 Å². The van der Waals surface area contributed by atoms with E-state index in [1.165, 1.54) is 11.8 Å². The Kier molecular flexibility index (Phi) is 6.79. The van der Waals surface area contributed by atoms with E-state index < -0.39 is 6.10 Å². The number of thioether (sulfide) groups is 2. The van der Waals surface area contributed by atoms with Gasteiger partial charge in [-0.3, -0.25) is 0 Å². The highest BCUT2D eigenvalue weighted by Gasteiger charge is 2.12. The number of aliphatic hydroxyl groups is 1. The van der Waals surface area contributed by atoms with Gasteiger partial charge in [-0.15, -0.1) is 23.5 Å². The Hall–Kier alpha value is -1.19. The summed E-state index contributed by atoms with van der Waals surface area (Å²) in [7, 11) is 0. The molecule has 1 N–H and O–H groups in total. The summed E-state index contributed by atoms with van der Waals surface area (Å²) in [4.78, 5) is 5.48. The Morgan fingerprint density at radius 1 is 1.22 bits per heavy atom. The molecular formula is C17H17ClN2OS2. The lowest BCUT2D eigenvalue weighted by atomic mass is 10.1. The smallest absolute Gasteiger partial charge is 0.114 e. The minimum atomic E-state index is -0.477. The third-order valence-electron chi connectivity index (χ3n) is 3.09. The maximum absolute atomic E-state index is 10.2. The molecule has 0 bridgehead atoms. The number of halogens is 1. The third-order valence-corrected chi connectivity index (χ3v) is 5.62. The summed E-state index contributed by atoms with van der Waals surface area (Å²) in [5.41, 5.74) is 2.40. The highest BCUT2D eigenvalue weighted by atomic mass is 35.5. The van der Waals surface area contributed by atoms with E-state index in [-0.39, 0.29) is 0 Å². The van der Waals surface area contributed by atoms with Gasteiger partial charge in [-0.25, -0.2) is 4.98 Å². The van der Waals surface area contributed by atoms with E-state index in [0.29, 0.717) is 27.1 Å². The lowest BCUT2D eigenvalue weighted by Crippen LogP contribution is -2.13. The molecule has 3 nitrogen and oxygen atoms in total. The number of aliphatic hydroxyl groups excluding tert-OH is 1. The number of hydrogen-bond acceptors (Lipinski definition) is 5. The number of rotatable bonds is 6. The van der Waals surface area contributed by atoms with Crippen LogP contribution in [0.1, 0.15) is 16.8 Å². The predicted octanol–water partition coefficient (Wildman–Crippen LogP) is 4.47. The number of hydrogen-bond donors (Lipinski definition) is 1. The van der Waals surface area contributed by atoms with Gasteiger partial charge in [0.25, 0.3) is 0 Å². The zero-order valence-electron chi connectivity index (χ0n) is 12.9. The molecule has 0 saturated carbocycles. The quantitative estimate of drug-likeness (QED) is 0.766. The fourth-order valence-electron chi connectivity index (χ4n) is 1.99. The van der Waals surface area contributed by atoms with Crippen molar-refractivity contribution in [2.24, 2.45) is 0 Å². The monoisotopic (exact) mass is 364 g/mol. The summed E-state index contributed by atoms with van der Waals surface area (Å²) < 4.78 is 0. The fraction of sp³-hybridized carbons (Fsp3) is 0.294. The van der Waals surface area contributed by atoms with Crippen molar-refractivity contribution in [3.05, 3.63) is 52.2 Å². The van der Waals surface area contributed by atoms with Gasteiger partial charge in [-0.05, 0) is 49.7 Å². The first-order chi connectivity index (χ1) is 11.0. The van der Waals surface area contributed by atoms with Crippen molar-refractivity contribution in [2.45, 2.75) is 29.9 Å². The van der Waals surface area contributed by atoms with Crippen LogP contribution in [0.25, 0.3) is 0 Å². The average molecular weight is 365 g/mol. The van der Waals surface area contributed by atoms with E-state index in [9.17, 15) is 10.4 Å². The maximum Gasteiger partial charge on any atom is 0.114 e. The van der Waals surface area contributed by atoms with Crippen molar-refractivity contribution in [3.8, 4) is 6.07 Å². The largest absolute Gasteiger partial charge is 0.391 e. The Morgan fingerprint density at radius 2 is 1.87 bits per heavy atom. The van der Waals surface area contributed by atoms with Gasteiger partial charge in [0.05, 0.1) is 11.7 Å². The topological polar surface area (TPSA) is 56.9 Å². The van der Waals surface area contributed by atoms with Crippen molar-refractivity contribution < 1.29 is 5.11 Å². The molecule has 0 aliphatic heterocycles. The number of nitriles is 1. The molecule has 1 atom stereocenters. The maximum atomic E-state index is 10.2. The van der Waals surface area contributed by atoms with Gasteiger partial charge in [-0.2, -0.15) is 5.26 Å². The van der Waals surface area contributed by atoms with Gasteiger partial charge in [0, 0.05) is 27.1 Å². The second-order valence-corrected chi connectivity index (χ2v) is 7.64. The minimum Gasteiger partial charge on any atom is -0.391 e. The Morgan fingerprint density at radius 3 is 2.52 bits per heavy atom. The van der Waals surface area contributed by atoms with Crippen LogP contribution in [0.2, 0.25) is 5.02 Å². The Labute approximate surface area is 150 Å². The summed E-state index contributed by atoms with van der Waals surface area (Å²) >= 11 is 8.86. The van der Waals surface area contributed by atoms with Gasteiger partial charge < -0.3 is 5.11 Å². The van der Waals surface area contributed by atoms with Gasteiger partial charge in [0.1, 0.15) is 11.1 Å². The molecule has 0 spiro atoms. The molecule has 23 heavy (non-hydrogen) atoms. The third kappa shape index (κ3) is 5.43. The van der Waals surface area contributed by atoms with Crippen LogP contribution < -0.4 is 0 Å². The van der Waals surface area contributed by atoms with Crippen LogP contribution >= 0.6 is 35.1 Å². The molecule has 0 fully saturated rings. The van der Waals surface area contributed by atoms with Crippen LogP contribution in [0.3, 0.4) is 0 Å². The van der Waals surface area contributed by atoms with Gasteiger partial charge >= 0.3 is 0 Å². The average Bonchev–Trinajstić information content (AvgIpc) is 2.52. The highest BCUT2D eigenvalue weighted by molar-refractivity contribution is 8.00. The summed E-state index contributed by atoms with van der Waals surface area (Å²) in [5, 5.41) is 20.8. The standard InChI is InChI=1S/C17H17ClN2OS2/c1-11-7-12(2)20-17(16(11)8-19)23-10-14(21)9-22-15-5-3-13(18)4-6-15/h3-7,14,21H,9-10H2,1-2H3. The zero-order valence-corrected chi connectivity index (χ0v) is 15.3. The summed E-state index contributed by atoms with van der Waals surface area (Å²) in [5.74, 6) is 1.09. The summed E-state index contributed by atoms with van der Waals surface area (Å²) in [6.07, 6.45) is -0.477. The molecule has 2 aromatic rings. The van der Waals surface area contributed by atoms with Crippen LogP contribution in [-0.2, 0) is 0 Å². The van der Waals surface area contributed by atoms with E-state index in [1.807, 2.05) is 44.2 Å². The lowest BCUT2D eigenvalue weighted by molar-refractivity contribution is 0.225. The molecule has 0 aliphatic carbocycles. The molecule has 6 heteroatoms. The molecule has 0 saturated heterocycles. The molecule has 0 aliphatic rings. The van der Waals surface area contributed by atoms with Gasteiger partial charge in [0.15, 0.2) is 0 Å². The first-order valence-corrected chi connectivity index (χ1v) is 9.42. The Bertz CT molecular complexity index is 714. The number of nitrogens with zero attached hydrogens (tertiary/aromatic N) is 2. The molecule has 2 rings (SSSR count). The molecule has 0 radical (unpaired) electrons. The summed E-state index contributed by atoms with van der Waals surface area (Å²) in [6, 6.07) is 11.6. The van der Waals surface area contributed by atoms with Crippen LogP contribution in [0.15, 0.2) is 40.3 Å². The molecule has 1 heterocycles. The van der Waals surface area contributed by atoms with Crippen LogP contribution in [0.5, 0.6) is 0 Å². The van der Waals surface area contributed by atoms with Crippen molar-refractivity contribution in [1.29, 1.82) is 5.26 Å². The number of pyridine rings is 1. The van der Waals surface area contributed by atoms with E-state index in [0.717, 1.165) is 16.2 Å². The molecule has 120 valence electrons. The minimum absolute atomic E-state index is 0.477. The number of aromatic nitrogens is 1. The molecule has 0 amide bonds. The van der Waals surface area contributed by atoms with Gasteiger partial charge in [-0.1, -0.05) is 11.6 Å². The van der Waals surface area contributed by atoms with Crippen molar-refractivity contribution in [3.63, 3.8) is 0 Å². The van der Waals surface area contributed by atoms with Crippen molar-refractivity contribution >= 4 is 35.1 Å².